The number of hydrazone groups is 1. The monoisotopic (exact) mass is 314 g/mol. The van der Waals surface area contributed by atoms with Crippen molar-refractivity contribution >= 4 is 34.4 Å². The highest BCUT2D eigenvalue weighted by molar-refractivity contribution is 6.17. The van der Waals surface area contributed by atoms with E-state index in [-0.39, 0.29) is 17.1 Å². The van der Waals surface area contributed by atoms with Crippen molar-refractivity contribution < 1.29 is 9.85 Å². The molecule has 0 heterocycles. The summed E-state index contributed by atoms with van der Waals surface area (Å²) in [5, 5.41) is 25.6. The first-order valence-electron chi connectivity index (χ1n) is 6.23. The molecule has 0 aromatic heterocycles. The molecule has 0 amide bonds. The van der Waals surface area contributed by atoms with Gasteiger partial charge in [0.25, 0.3) is 5.69 Å². The number of halogens is 1. The first-order chi connectivity index (χ1) is 9.95. The fraction of sp³-hybridized carbons (Fsp3) is 0.417. The van der Waals surface area contributed by atoms with Crippen LogP contribution in [0.4, 0.5) is 17.1 Å². The Kier molecular flexibility index (Phi) is 6.54. The zero-order valence-electron chi connectivity index (χ0n) is 11.4. The number of hydrogen-bond donors (Lipinski definition) is 1. The lowest BCUT2D eigenvalue weighted by molar-refractivity contribution is -0.393. The molecule has 0 aliphatic heterocycles. The minimum absolute atomic E-state index is 0.113. The van der Waals surface area contributed by atoms with Crippen molar-refractivity contribution in [1.29, 1.82) is 0 Å². The first-order valence-corrected chi connectivity index (χ1v) is 6.77. The lowest BCUT2D eigenvalue weighted by Gasteiger charge is -2.04. The number of nitrogens with one attached hydrogen (secondary N) is 1. The molecule has 1 rings (SSSR count). The molecule has 1 N–H and O–H groups in total. The van der Waals surface area contributed by atoms with E-state index in [1.54, 1.807) is 6.92 Å². The Morgan fingerprint density at radius 1 is 1.29 bits per heavy atom. The van der Waals surface area contributed by atoms with Crippen molar-refractivity contribution in [2.24, 2.45) is 5.10 Å². The van der Waals surface area contributed by atoms with E-state index in [0.717, 1.165) is 31.0 Å². The lowest BCUT2D eigenvalue weighted by Crippen LogP contribution is -2.01. The molecule has 0 saturated carbocycles. The van der Waals surface area contributed by atoms with Crippen LogP contribution in [0.25, 0.3) is 0 Å². The van der Waals surface area contributed by atoms with Crippen LogP contribution < -0.4 is 5.43 Å². The summed E-state index contributed by atoms with van der Waals surface area (Å²) in [5.74, 6) is 0.578. The first kappa shape index (κ1) is 16.8. The number of nitro groups is 2. The SMILES string of the molecule is C/C(CCCCCl)=N\Nc1ccc([N+](=O)[O-])cc1[N+](=O)[O-]. The molecule has 9 heteroatoms. The van der Waals surface area contributed by atoms with Crippen molar-refractivity contribution in [1.82, 2.24) is 0 Å². The average Bonchev–Trinajstić information content (AvgIpc) is 2.45. The molecule has 1 aromatic carbocycles. The Hall–Kier alpha value is -2.22. The van der Waals surface area contributed by atoms with Gasteiger partial charge in [-0.1, -0.05) is 0 Å². The fourth-order valence-corrected chi connectivity index (χ4v) is 1.76. The van der Waals surface area contributed by atoms with Gasteiger partial charge >= 0.3 is 5.69 Å². The predicted molar refractivity (Wildman–Crippen MR) is 81.1 cm³/mol. The van der Waals surface area contributed by atoms with Gasteiger partial charge in [-0.25, -0.2) is 0 Å². The number of nitro benzene ring substituents is 2. The number of non-ortho nitro benzene ring substituents is 1. The third-order valence-corrected chi connectivity index (χ3v) is 2.95. The second kappa shape index (κ2) is 8.15. The van der Waals surface area contributed by atoms with Crippen LogP contribution in [-0.4, -0.2) is 21.4 Å². The van der Waals surface area contributed by atoms with Crippen LogP contribution in [0.2, 0.25) is 0 Å². The van der Waals surface area contributed by atoms with Gasteiger partial charge < -0.3 is 0 Å². The fourth-order valence-electron chi connectivity index (χ4n) is 1.57. The highest BCUT2D eigenvalue weighted by atomic mass is 35.5. The molecule has 0 fully saturated rings. The molecule has 0 unspecified atom stereocenters. The van der Waals surface area contributed by atoms with Crippen molar-refractivity contribution in [3.8, 4) is 0 Å². The van der Waals surface area contributed by atoms with E-state index in [1.165, 1.54) is 12.1 Å². The highest BCUT2D eigenvalue weighted by Gasteiger charge is 2.19. The van der Waals surface area contributed by atoms with E-state index in [0.29, 0.717) is 5.88 Å². The zero-order valence-corrected chi connectivity index (χ0v) is 12.2. The van der Waals surface area contributed by atoms with Gasteiger partial charge in [0.2, 0.25) is 0 Å². The summed E-state index contributed by atoms with van der Waals surface area (Å²) in [6, 6.07) is 3.36. The zero-order chi connectivity index (χ0) is 15.8. The van der Waals surface area contributed by atoms with E-state index in [1.807, 2.05) is 0 Å². The van der Waals surface area contributed by atoms with Crippen LogP contribution in [-0.2, 0) is 0 Å². The molecule has 0 aliphatic carbocycles. The Morgan fingerprint density at radius 2 is 2.00 bits per heavy atom. The van der Waals surface area contributed by atoms with Crippen molar-refractivity contribution in [2.45, 2.75) is 26.2 Å². The third kappa shape index (κ3) is 5.35. The summed E-state index contributed by atoms with van der Waals surface area (Å²) in [4.78, 5) is 20.2. The maximum absolute atomic E-state index is 10.9. The van der Waals surface area contributed by atoms with Crippen LogP contribution in [0, 0.1) is 20.2 Å². The largest absolute Gasteiger partial charge is 0.301 e. The predicted octanol–water partition coefficient (Wildman–Crippen LogP) is 3.70. The second-order valence-electron chi connectivity index (χ2n) is 4.32. The molecule has 0 radical (unpaired) electrons. The minimum atomic E-state index is -0.687. The number of nitrogens with zero attached hydrogens (tertiary/aromatic N) is 3. The van der Waals surface area contributed by atoms with Crippen molar-refractivity contribution in [2.75, 3.05) is 11.3 Å². The topological polar surface area (TPSA) is 111 Å². The van der Waals surface area contributed by atoms with Gasteiger partial charge in [-0.2, -0.15) is 5.10 Å². The summed E-state index contributed by atoms with van der Waals surface area (Å²) in [6.07, 6.45) is 2.47. The number of anilines is 1. The van der Waals surface area contributed by atoms with E-state index >= 15 is 0 Å². The molecule has 8 nitrogen and oxygen atoms in total. The number of unbranched alkanes of at least 4 members (excludes halogenated alkanes) is 1. The minimum Gasteiger partial charge on any atom is -0.272 e. The van der Waals surface area contributed by atoms with Gasteiger partial charge in [0.05, 0.1) is 15.9 Å². The molecule has 0 bridgehead atoms. The van der Waals surface area contributed by atoms with E-state index < -0.39 is 9.85 Å². The molecule has 0 saturated heterocycles. The number of hydrogen-bond acceptors (Lipinski definition) is 6. The molecule has 114 valence electrons. The summed E-state index contributed by atoms with van der Waals surface area (Å²) in [7, 11) is 0. The third-order valence-electron chi connectivity index (χ3n) is 2.68. The summed E-state index contributed by atoms with van der Waals surface area (Å²) >= 11 is 5.57. The van der Waals surface area contributed by atoms with Crippen molar-refractivity contribution in [3.63, 3.8) is 0 Å². The molecule has 0 spiro atoms. The van der Waals surface area contributed by atoms with Gasteiger partial charge in [0.15, 0.2) is 0 Å². The van der Waals surface area contributed by atoms with Gasteiger partial charge in [-0.3, -0.25) is 25.7 Å². The number of alkyl halides is 1. The standard InChI is InChI=1S/C12H15ClN4O4/c1-9(4-2-3-7-13)14-15-11-6-5-10(16(18)19)8-12(11)17(20)21/h5-6,8,15H,2-4,7H2,1H3/b14-9+. The van der Waals surface area contributed by atoms with Gasteiger partial charge in [-0.05, 0) is 32.3 Å². The molecule has 1 aromatic rings. The summed E-state index contributed by atoms with van der Waals surface area (Å²) < 4.78 is 0. The maximum Gasteiger partial charge on any atom is 0.301 e. The smallest absolute Gasteiger partial charge is 0.272 e. The molecule has 0 aliphatic rings. The Balaban J connectivity index is 2.85. The molecular formula is C12H15ClN4O4. The van der Waals surface area contributed by atoms with Crippen LogP contribution in [0.1, 0.15) is 26.2 Å². The quantitative estimate of drug-likeness (QED) is 0.258. The van der Waals surface area contributed by atoms with Gasteiger partial charge in [-0.15, -0.1) is 11.6 Å². The normalized spacial score (nSPS) is 11.2. The highest BCUT2D eigenvalue weighted by Crippen LogP contribution is 2.28. The molecular weight excluding hydrogens is 300 g/mol. The van der Waals surface area contributed by atoms with Crippen LogP contribution >= 0.6 is 11.6 Å². The second-order valence-corrected chi connectivity index (χ2v) is 4.70. The van der Waals surface area contributed by atoms with Crippen molar-refractivity contribution in [3.05, 3.63) is 38.4 Å². The summed E-state index contributed by atoms with van der Waals surface area (Å²) in [6.45, 7) is 1.79. The van der Waals surface area contributed by atoms with E-state index in [9.17, 15) is 20.2 Å². The number of benzene rings is 1. The van der Waals surface area contributed by atoms with E-state index in [4.69, 9.17) is 11.6 Å². The van der Waals surface area contributed by atoms with Crippen LogP contribution in [0.5, 0.6) is 0 Å². The van der Waals surface area contributed by atoms with Crippen LogP contribution in [0.15, 0.2) is 23.3 Å². The van der Waals surface area contributed by atoms with Gasteiger partial charge in [0, 0.05) is 17.7 Å². The Morgan fingerprint density at radius 3 is 2.57 bits per heavy atom. The lowest BCUT2D eigenvalue weighted by atomic mass is 10.2. The number of rotatable bonds is 8. The Bertz CT molecular complexity index is 562. The molecule has 21 heavy (non-hydrogen) atoms. The Labute approximate surface area is 126 Å². The van der Waals surface area contributed by atoms with Crippen LogP contribution in [0.3, 0.4) is 0 Å². The molecule has 0 atom stereocenters. The van der Waals surface area contributed by atoms with E-state index in [2.05, 4.69) is 10.5 Å². The van der Waals surface area contributed by atoms with Gasteiger partial charge in [0.1, 0.15) is 5.69 Å². The maximum atomic E-state index is 10.9. The summed E-state index contributed by atoms with van der Waals surface area (Å²) in [5.41, 5.74) is 2.74. The average molecular weight is 315 g/mol.